The zero-order valence-electron chi connectivity index (χ0n) is 9.14. The Labute approximate surface area is 116 Å². The Kier molecular flexibility index (Phi) is 3.82. The maximum absolute atomic E-state index is 12.8. The molecule has 2 nitrogen and oxygen atoms in total. The molecule has 1 aromatic rings. The fraction of sp³-hybridized carbons (Fsp3) is 0.364. The molecule has 0 bridgehead atoms. The second-order valence-electron chi connectivity index (χ2n) is 4.06. The summed E-state index contributed by atoms with van der Waals surface area (Å²) in [6, 6.07) is 4.22. The van der Waals surface area contributed by atoms with E-state index < -0.39 is 11.7 Å². The average molecular weight is 339 g/mol. The Balaban J connectivity index is 2.17. The van der Waals surface area contributed by atoms with Gasteiger partial charge in [0.05, 0.1) is 11.3 Å². The first-order valence-corrected chi connectivity index (χ1v) is 6.50. The SMILES string of the molecule is FC(F)(F)c1cc(Br)ccc1NC(=S)NC1CC1. The van der Waals surface area contributed by atoms with Crippen LogP contribution in [0.1, 0.15) is 18.4 Å². The molecule has 0 saturated heterocycles. The molecule has 2 N–H and O–H groups in total. The summed E-state index contributed by atoms with van der Waals surface area (Å²) in [4.78, 5) is 0. The van der Waals surface area contributed by atoms with Crippen LogP contribution < -0.4 is 10.6 Å². The average Bonchev–Trinajstić information content (AvgIpc) is 3.03. The number of benzene rings is 1. The van der Waals surface area contributed by atoms with Crippen LogP contribution in [0.15, 0.2) is 22.7 Å². The molecule has 18 heavy (non-hydrogen) atoms. The van der Waals surface area contributed by atoms with E-state index in [4.69, 9.17) is 12.2 Å². The van der Waals surface area contributed by atoms with Crippen LogP contribution in [0, 0.1) is 0 Å². The molecular weight excluding hydrogens is 329 g/mol. The lowest BCUT2D eigenvalue weighted by Gasteiger charge is -2.16. The number of hydrogen-bond donors (Lipinski definition) is 2. The van der Waals surface area contributed by atoms with E-state index in [0.29, 0.717) is 10.5 Å². The molecule has 7 heteroatoms. The van der Waals surface area contributed by atoms with Crippen LogP contribution in [0.5, 0.6) is 0 Å². The smallest absolute Gasteiger partial charge is 0.360 e. The van der Waals surface area contributed by atoms with Crippen molar-refractivity contribution in [2.24, 2.45) is 0 Å². The maximum Gasteiger partial charge on any atom is 0.418 e. The second kappa shape index (κ2) is 5.05. The molecule has 1 fully saturated rings. The van der Waals surface area contributed by atoms with Crippen molar-refractivity contribution in [1.29, 1.82) is 0 Å². The van der Waals surface area contributed by atoms with Crippen molar-refractivity contribution >= 4 is 38.9 Å². The van der Waals surface area contributed by atoms with E-state index in [1.54, 1.807) is 0 Å². The minimum atomic E-state index is -4.42. The lowest BCUT2D eigenvalue weighted by atomic mass is 10.1. The highest BCUT2D eigenvalue weighted by molar-refractivity contribution is 9.10. The number of halogens is 4. The maximum atomic E-state index is 12.8. The lowest BCUT2D eigenvalue weighted by molar-refractivity contribution is -0.136. The minimum absolute atomic E-state index is 0.0381. The van der Waals surface area contributed by atoms with E-state index in [0.717, 1.165) is 18.9 Å². The topological polar surface area (TPSA) is 24.1 Å². The monoisotopic (exact) mass is 338 g/mol. The highest BCUT2D eigenvalue weighted by Crippen LogP contribution is 2.36. The van der Waals surface area contributed by atoms with E-state index in [1.807, 2.05) is 0 Å². The van der Waals surface area contributed by atoms with Crippen LogP contribution in [0.4, 0.5) is 18.9 Å². The predicted octanol–water partition coefficient (Wildman–Crippen LogP) is 3.92. The lowest BCUT2D eigenvalue weighted by Crippen LogP contribution is -2.31. The van der Waals surface area contributed by atoms with Gasteiger partial charge in [0.15, 0.2) is 5.11 Å². The molecule has 1 saturated carbocycles. The van der Waals surface area contributed by atoms with Gasteiger partial charge in [-0.1, -0.05) is 15.9 Å². The third kappa shape index (κ3) is 3.58. The van der Waals surface area contributed by atoms with E-state index in [1.165, 1.54) is 12.1 Å². The molecule has 1 aromatic carbocycles. The second-order valence-corrected chi connectivity index (χ2v) is 5.38. The largest absolute Gasteiger partial charge is 0.418 e. The zero-order chi connectivity index (χ0) is 13.3. The first kappa shape index (κ1) is 13.6. The molecule has 0 atom stereocenters. The first-order chi connectivity index (χ1) is 8.36. The third-order valence-electron chi connectivity index (χ3n) is 2.45. The highest BCUT2D eigenvalue weighted by Gasteiger charge is 2.34. The Morgan fingerprint density at radius 1 is 1.33 bits per heavy atom. The van der Waals surface area contributed by atoms with Crippen molar-refractivity contribution in [3.8, 4) is 0 Å². The first-order valence-electron chi connectivity index (χ1n) is 5.30. The van der Waals surface area contributed by atoms with Crippen LogP contribution in [0.25, 0.3) is 0 Å². The van der Waals surface area contributed by atoms with Gasteiger partial charge in [-0.3, -0.25) is 0 Å². The van der Waals surface area contributed by atoms with Crippen molar-refractivity contribution in [3.05, 3.63) is 28.2 Å². The summed E-state index contributed by atoms with van der Waals surface area (Å²) in [7, 11) is 0. The van der Waals surface area contributed by atoms with Gasteiger partial charge in [0, 0.05) is 10.5 Å². The van der Waals surface area contributed by atoms with Gasteiger partial charge >= 0.3 is 6.18 Å². The molecule has 0 aromatic heterocycles. The van der Waals surface area contributed by atoms with E-state index in [9.17, 15) is 13.2 Å². The molecule has 0 heterocycles. The molecule has 1 aliphatic carbocycles. The summed E-state index contributed by atoms with van der Waals surface area (Å²) in [5, 5.41) is 5.76. The Hall–Kier alpha value is -0.820. The summed E-state index contributed by atoms with van der Waals surface area (Å²) in [6.45, 7) is 0. The third-order valence-corrected chi connectivity index (χ3v) is 3.16. The zero-order valence-corrected chi connectivity index (χ0v) is 11.5. The van der Waals surface area contributed by atoms with Crippen LogP contribution in [0.2, 0.25) is 0 Å². The Morgan fingerprint density at radius 2 is 2.00 bits per heavy atom. The van der Waals surface area contributed by atoms with Gasteiger partial charge in [-0.2, -0.15) is 13.2 Å². The highest BCUT2D eigenvalue weighted by atomic mass is 79.9. The number of rotatable bonds is 2. The Bertz CT molecular complexity index is 472. The van der Waals surface area contributed by atoms with Crippen molar-refractivity contribution < 1.29 is 13.2 Å². The molecule has 2 rings (SSSR count). The van der Waals surface area contributed by atoms with Gasteiger partial charge in [0.1, 0.15) is 0 Å². The molecular formula is C11H10BrF3N2S. The summed E-state index contributed by atoms with van der Waals surface area (Å²) >= 11 is 8.00. The van der Waals surface area contributed by atoms with Crippen molar-refractivity contribution in [1.82, 2.24) is 5.32 Å². The van der Waals surface area contributed by atoms with Crippen molar-refractivity contribution in [2.45, 2.75) is 25.1 Å². The van der Waals surface area contributed by atoms with Gasteiger partial charge in [0.25, 0.3) is 0 Å². The molecule has 0 radical (unpaired) electrons. The number of thiocarbonyl (C=S) groups is 1. The van der Waals surface area contributed by atoms with E-state index in [2.05, 4.69) is 26.6 Å². The summed E-state index contributed by atoms with van der Waals surface area (Å²) in [5.41, 5.74) is -0.777. The normalized spacial score (nSPS) is 15.3. The molecule has 0 spiro atoms. The van der Waals surface area contributed by atoms with Crippen LogP contribution >= 0.6 is 28.1 Å². The van der Waals surface area contributed by atoms with E-state index in [-0.39, 0.29) is 10.8 Å². The molecule has 0 aliphatic heterocycles. The molecule has 0 unspecified atom stereocenters. The van der Waals surface area contributed by atoms with Gasteiger partial charge in [-0.25, -0.2) is 0 Å². The predicted molar refractivity (Wildman–Crippen MR) is 71.5 cm³/mol. The quantitative estimate of drug-likeness (QED) is 0.799. The number of nitrogens with one attached hydrogen (secondary N) is 2. The molecule has 0 amide bonds. The Morgan fingerprint density at radius 3 is 2.56 bits per heavy atom. The molecule has 98 valence electrons. The van der Waals surface area contributed by atoms with Gasteiger partial charge in [-0.15, -0.1) is 0 Å². The summed E-state index contributed by atoms with van der Waals surface area (Å²) < 4.78 is 38.9. The van der Waals surface area contributed by atoms with Gasteiger partial charge in [0.2, 0.25) is 0 Å². The standard InChI is InChI=1S/C11H10BrF3N2S/c12-6-1-4-9(8(5-6)11(13,14)15)17-10(18)16-7-2-3-7/h1,4-5,7H,2-3H2,(H2,16,17,18). The van der Waals surface area contributed by atoms with Gasteiger partial charge < -0.3 is 10.6 Å². The fourth-order valence-electron chi connectivity index (χ4n) is 1.43. The number of anilines is 1. The van der Waals surface area contributed by atoms with Crippen molar-refractivity contribution in [3.63, 3.8) is 0 Å². The van der Waals surface area contributed by atoms with Crippen LogP contribution in [-0.4, -0.2) is 11.2 Å². The van der Waals surface area contributed by atoms with Crippen LogP contribution in [0.3, 0.4) is 0 Å². The minimum Gasteiger partial charge on any atom is -0.360 e. The fourth-order valence-corrected chi connectivity index (χ4v) is 2.07. The van der Waals surface area contributed by atoms with Crippen molar-refractivity contribution in [2.75, 3.05) is 5.32 Å². The number of hydrogen-bond acceptors (Lipinski definition) is 1. The van der Waals surface area contributed by atoms with Gasteiger partial charge in [-0.05, 0) is 43.3 Å². The summed E-state index contributed by atoms with van der Waals surface area (Å²) in [5.74, 6) is 0. The van der Waals surface area contributed by atoms with E-state index >= 15 is 0 Å². The molecule has 1 aliphatic rings. The number of alkyl halides is 3. The van der Waals surface area contributed by atoms with Crippen LogP contribution in [-0.2, 0) is 6.18 Å². The summed E-state index contributed by atoms with van der Waals surface area (Å²) in [6.07, 6.45) is -2.40.